The van der Waals surface area contributed by atoms with Crippen LogP contribution in [0, 0.1) is 17.0 Å². The molecule has 2 N–H and O–H groups in total. The van der Waals surface area contributed by atoms with Gasteiger partial charge in [-0.05, 0) is 25.3 Å². The Morgan fingerprint density at radius 3 is 2.77 bits per heavy atom. The molecule has 3 fully saturated rings. The summed E-state index contributed by atoms with van der Waals surface area (Å²) in [4.78, 5) is 36.8. The average molecular weight is 506 g/mol. The highest BCUT2D eigenvalue weighted by Crippen LogP contribution is 2.58. The molecule has 0 radical (unpaired) electrons. The van der Waals surface area contributed by atoms with Crippen molar-refractivity contribution in [2.24, 2.45) is 0 Å². The third-order valence-electron chi connectivity index (χ3n) is 6.76. The standard InChI is InChI=1S/C22H27N4O8P/c1-13-11-24(22(29)23-21(13)28)20-10-18(19(12-27)32-20)34-35-25-8-2-3-16(25)17(33-35)9-14-4-6-15(7-5-14)26(30)31/h4-7,11,16-20,27H,2-3,8-10,12H2,1H3,(H,23,28,29)/t16-,17+,18+,19+,20+,35+/m0/s1. The molecular weight excluding hydrogens is 479 g/mol. The van der Waals surface area contributed by atoms with Crippen LogP contribution in [0.2, 0.25) is 0 Å². The van der Waals surface area contributed by atoms with E-state index < -0.39 is 43.1 Å². The third kappa shape index (κ3) is 4.82. The number of aromatic amines is 1. The number of benzene rings is 1. The molecule has 35 heavy (non-hydrogen) atoms. The van der Waals surface area contributed by atoms with Crippen molar-refractivity contribution in [2.45, 2.75) is 63.2 Å². The van der Waals surface area contributed by atoms with Gasteiger partial charge < -0.3 is 18.9 Å². The van der Waals surface area contributed by atoms with Gasteiger partial charge in [0.05, 0.1) is 23.7 Å². The van der Waals surface area contributed by atoms with Gasteiger partial charge in [-0.15, -0.1) is 0 Å². The maximum atomic E-state index is 12.3. The smallest absolute Gasteiger partial charge is 0.330 e. The summed E-state index contributed by atoms with van der Waals surface area (Å²) < 4.78 is 22.2. The molecule has 13 heteroatoms. The Bertz CT molecular complexity index is 1200. The Morgan fingerprint density at radius 2 is 2.06 bits per heavy atom. The highest BCUT2D eigenvalue weighted by atomic mass is 31.2. The molecule has 0 amide bonds. The predicted octanol–water partition coefficient (Wildman–Crippen LogP) is 1.75. The van der Waals surface area contributed by atoms with Gasteiger partial charge in [0, 0.05) is 49.3 Å². The zero-order chi connectivity index (χ0) is 24.7. The molecule has 0 bridgehead atoms. The molecule has 6 atom stereocenters. The van der Waals surface area contributed by atoms with Gasteiger partial charge in [-0.2, -0.15) is 0 Å². The molecule has 0 unspecified atom stereocenters. The number of aryl methyl sites for hydroxylation is 1. The van der Waals surface area contributed by atoms with Crippen LogP contribution < -0.4 is 11.2 Å². The third-order valence-corrected chi connectivity index (χ3v) is 8.58. The van der Waals surface area contributed by atoms with Gasteiger partial charge in [-0.3, -0.25) is 24.5 Å². The van der Waals surface area contributed by atoms with E-state index in [0.717, 1.165) is 24.9 Å². The van der Waals surface area contributed by atoms with Crippen LogP contribution in [0.1, 0.15) is 36.6 Å². The number of fused-ring (bicyclic) bond motifs is 1. The maximum Gasteiger partial charge on any atom is 0.330 e. The number of nitrogens with one attached hydrogen (secondary N) is 1. The minimum atomic E-state index is -1.40. The van der Waals surface area contributed by atoms with Gasteiger partial charge in [0.25, 0.3) is 19.8 Å². The summed E-state index contributed by atoms with van der Waals surface area (Å²) in [5, 5.41) is 20.8. The molecule has 3 aliphatic heterocycles. The van der Waals surface area contributed by atoms with Crippen molar-refractivity contribution in [1.82, 2.24) is 14.2 Å². The summed E-state index contributed by atoms with van der Waals surface area (Å²) in [7, 11) is -1.40. The Labute approximate surface area is 201 Å². The second-order valence-electron chi connectivity index (χ2n) is 9.05. The number of aromatic nitrogens is 2. The van der Waals surface area contributed by atoms with Crippen molar-refractivity contribution in [3.63, 3.8) is 0 Å². The number of rotatable bonds is 7. The van der Waals surface area contributed by atoms with E-state index in [9.17, 15) is 24.8 Å². The largest absolute Gasteiger partial charge is 0.394 e. The molecular formula is C22H27N4O8P. The van der Waals surface area contributed by atoms with E-state index in [1.54, 1.807) is 19.1 Å². The summed E-state index contributed by atoms with van der Waals surface area (Å²) in [6, 6.07) is 6.69. The number of hydrogen-bond acceptors (Lipinski definition) is 9. The zero-order valence-corrected chi connectivity index (χ0v) is 20.0. The fourth-order valence-electron chi connectivity index (χ4n) is 4.91. The predicted molar refractivity (Wildman–Crippen MR) is 125 cm³/mol. The molecule has 0 aliphatic carbocycles. The van der Waals surface area contributed by atoms with Crippen molar-refractivity contribution in [2.75, 3.05) is 13.2 Å². The lowest BCUT2D eigenvalue weighted by Crippen LogP contribution is -2.33. The average Bonchev–Trinajstić information content (AvgIpc) is 3.54. The fourth-order valence-corrected chi connectivity index (χ4v) is 6.91. The Kier molecular flexibility index (Phi) is 6.84. The molecule has 5 rings (SSSR count). The van der Waals surface area contributed by atoms with Crippen LogP contribution in [0.4, 0.5) is 5.69 Å². The van der Waals surface area contributed by atoms with Gasteiger partial charge in [0.15, 0.2) is 0 Å². The molecule has 1 aromatic heterocycles. The van der Waals surface area contributed by atoms with Crippen molar-refractivity contribution < 1.29 is 23.8 Å². The van der Waals surface area contributed by atoms with Crippen molar-refractivity contribution >= 4 is 14.2 Å². The first kappa shape index (κ1) is 24.2. The normalized spacial score (nSPS) is 30.6. The summed E-state index contributed by atoms with van der Waals surface area (Å²) in [5.74, 6) is 0. The number of non-ortho nitro benzene ring substituents is 1. The van der Waals surface area contributed by atoms with E-state index in [1.165, 1.54) is 22.9 Å². The molecule has 188 valence electrons. The van der Waals surface area contributed by atoms with E-state index in [-0.39, 0.29) is 24.4 Å². The number of ether oxygens (including phenoxy) is 1. The first-order valence-corrected chi connectivity index (χ1v) is 12.7. The lowest BCUT2D eigenvalue weighted by molar-refractivity contribution is -0.384. The van der Waals surface area contributed by atoms with E-state index >= 15 is 0 Å². The lowest BCUT2D eigenvalue weighted by Gasteiger charge is -2.24. The fraction of sp³-hybridized carbons (Fsp3) is 0.545. The van der Waals surface area contributed by atoms with Gasteiger partial charge >= 0.3 is 5.69 Å². The second-order valence-corrected chi connectivity index (χ2v) is 10.5. The lowest BCUT2D eigenvalue weighted by atomic mass is 10.0. The number of nitro groups is 1. The van der Waals surface area contributed by atoms with E-state index in [2.05, 4.69) is 9.65 Å². The summed E-state index contributed by atoms with van der Waals surface area (Å²) in [6.45, 7) is 2.17. The van der Waals surface area contributed by atoms with E-state index in [4.69, 9.17) is 13.8 Å². The van der Waals surface area contributed by atoms with Gasteiger partial charge in [-0.1, -0.05) is 12.1 Å². The van der Waals surface area contributed by atoms with Gasteiger partial charge in [0.1, 0.15) is 12.3 Å². The number of aliphatic hydroxyl groups excluding tert-OH is 1. The van der Waals surface area contributed by atoms with Crippen LogP contribution in [0.5, 0.6) is 0 Å². The van der Waals surface area contributed by atoms with Crippen LogP contribution in [-0.2, 0) is 20.2 Å². The quantitative estimate of drug-likeness (QED) is 0.325. The minimum absolute atomic E-state index is 0.0526. The zero-order valence-electron chi connectivity index (χ0n) is 19.1. The SMILES string of the molecule is Cc1cn([C@H]2C[C@@H](O[P@@]3O[C@H](Cc4ccc([N+](=O)[O-])cc4)[C@@H]4CCCN43)[C@@H](CO)O2)c(=O)[nH]c1=O. The Hall–Kier alpha value is -2.47. The summed E-state index contributed by atoms with van der Waals surface area (Å²) in [6.07, 6.45) is 2.46. The van der Waals surface area contributed by atoms with Crippen LogP contribution in [0.15, 0.2) is 40.1 Å². The summed E-state index contributed by atoms with van der Waals surface area (Å²) >= 11 is 0. The molecule has 2 aromatic rings. The molecule has 1 aromatic carbocycles. The van der Waals surface area contributed by atoms with Gasteiger partial charge in [0.2, 0.25) is 0 Å². The van der Waals surface area contributed by atoms with Crippen LogP contribution in [0.25, 0.3) is 0 Å². The number of hydrogen-bond donors (Lipinski definition) is 2. The van der Waals surface area contributed by atoms with Crippen molar-refractivity contribution in [1.29, 1.82) is 0 Å². The highest BCUT2D eigenvalue weighted by Gasteiger charge is 2.49. The maximum absolute atomic E-state index is 12.3. The second kappa shape index (κ2) is 9.88. The highest BCUT2D eigenvalue weighted by molar-refractivity contribution is 7.45. The van der Waals surface area contributed by atoms with E-state index in [1.807, 2.05) is 0 Å². The molecule has 0 saturated carbocycles. The summed E-state index contributed by atoms with van der Waals surface area (Å²) in [5.41, 5.74) is 0.369. The van der Waals surface area contributed by atoms with Crippen LogP contribution >= 0.6 is 8.53 Å². The number of aliphatic hydroxyl groups is 1. The number of nitro benzene ring substituents is 1. The monoisotopic (exact) mass is 506 g/mol. The van der Waals surface area contributed by atoms with Gasteiger partial charge in [-0.25, -0.2) is 9.46 Å². The molecule has 3 saturated heterocycles. The first-order chi connectivity index (χ1) is 16.8. The molecule has 3 aliphatic rings. The van der Waals surface area contributed by atoms with Crippen molar-refractivity contribution in [3.05, 3.63) is 72.5 Å². The molecule has 0 spiro atoms. The van der Waals surface area contributed by atoms with Crippen molar-refractivity contribution in [3.8, 4) is 0 Å². The number of nitrogens with zero attached hydrogens (tertiary/aromatic N) is 3. The van der Waals surface area contributed by atoms with Crippen LogP contribution in [-0.4, -0.2) is 61.8 Å². The van der Waals surface area contributed by atoms with E-state index in [0.29, 0.717) is 18.4 Å². The Morgan fingerprint density at radius 1 is 1.29 bits per heavy atom. The topological polar surface area (TPSA) is 149 Å². The van der Waals surface area contributed by atoms with Crippen LogP contribution in [0.3, 0.4) is 0 Å². The number of H-pyrrole nitrogens is 1. The minimum Gasteiger partial charge on any atom is -0.394 e. The molecule has 4 heterocycles. The molecule has 12 nitrogen and oxygen atoms in total. The Balaban J connectivity index is 1.28. The first-order valence-electron chi connectivity index (χ1n) is 11.6.